The van der Waals surface area contributed by atoms with Crippen LogP contribution < -0.4 is 4.90 Å². The van der Waals surface area contributed by atoms with E-state index in [1.165, 1.54) is 72.4 Å². The Bertz CT molecular complexity index is 1950. The average Bonchev–Trinajstić information content (AvgIpc) is 3.41. The van der Waals surface area contributed by atoms with E-state index in [4.69, 9.17) is 0 Å². The zero-order valence-electron chi connectivity index (χ0n) is 23.9. The highest BCUT2D eigenvalue weighted by atomic mass is 15.2. The molecule has 1 aliphatic carbocycles. The highest BCUT2D eigenvalue weighted by Crippen LogP contribution is 2.51. The quantitative estimate of drug-likeness (QED) is 0.225. The van der Waals surface area contributed by atoms with Crippen molar-refractivity contribution in [3.05, 3.63) is 143 Å². The summed E-state index contributed by atoms with van der Waals surface area (Å²) in [5, 5.41) is 2.59. The monoisotopic (exact) mass is 518 g/mol. The Kier molecular flexibility index (Phi) is 5.50. The van der Waals surface area contributed by atoms with Crippen molar-refractivity contribution in [2.24, 2.45) is 0 Å². The summed E-state index contributed by atoms with van der Waals surface area (Å²) in [6.45, 7) is 11.5. The van der Waals surface area contributed by atoms with Gasteiger partial charge >= 0.3 is 0 Å². The second-order valence-electron chi connectivity index (χ2n) is 11.6. The zero-order valence-corrected chi connectivity index (χ0v) is 23.9. The first-order valence-electron chi connectivity index (χ1n) is 14.1. The molecule has 1 aromatic heterocycles. The highest BCUT2D eigenvalue weighted by Gasteiger charge is 2.40. The van der Waals surface area contributed by atoms with E-state index in [0.717, 1.165) is 0 Å². The summed E-state index contributed by atoms with van der Waals surface area (Å²) < 4.78 is 2.47. The van der Waals surface area contributed by atoms with Gasteiger partial charge in [-0.3, -0.25) is 0 Å². The first-order valence-corrected chi connectivity index (χ1v) is 14.1. The van der Waals surface area contributed by atoms with Gasteiger partial charge in [-0.05, 0) is 78.9 Å². The molecule has 0 radical (unpaired) electrons. The predicted octanol–water partition coefficient (Wildman–Crippen LogP) is 10.3. The number of benzene rings is 5. The molecule has 196 valence electrons. The van der Waals surface area contributed by atoms with Crippen LogP contribution in [0.25, 0.3) is 33.1 Å². The van der Waals surface area contributed by atoms with Crippen molar-refractivity contribution in [1.29, 1.82) is 0 Å². The van der Waals surface area contributed by atoms with Gasteiger partial charge < -0.3 is 9.47 Å². The third-order valence-corrected chi connectivity index (χ3v) is 8.84. The molecule has 0 atom stereocenters. The van der Waals surface area contributed by atoms with E-state index in [1.807, 2.05) is 0 Å². The molecule has 5 aromatic carbocycles. The van der Waals surface area contributed by atoms with E-state index in [-0.39, 0.29) is 5.41 Å². The number of hydrogen-bond donors (Lipinski definition) is 0. The molecule has 0 fully saturated rings. The lowest BCUT2D eigenvalue weighted by Gasteiger charge is -2.37. The van der Waals surface area contributed by atoms with Gasteiger partial charge in [0, 0.05) is 27.6 Å². The molecule has 0 aliphatic heterocycles. The van der Waals surface area contributed by atoms with Crippen LogP contribution in [-0.2, 0) is 5.41 Å². The van der Waals surface area contributed by atoms with Crippen molar-refractivity contribution < 1.29 is 0 Å². The van der Waals surface area contributed by atoms with Crippen LogP contribution in [0.2, 0.25) is 0 Å². The van der Waals surface area contributed by atoms with E-state index in [2.05, 4.69) is 159 Å². The topological polar surface area (TPSA) is 8.17 Å². The molecule has 2 nitrogen and oxygen atoms in total. The van der Waals surface area contributed by atoms with Gasteiger partial charge in [0.25, 0.3) is 0 Å². The van der Waals surface area contributed by atoms with E-state index < -0.39 is 0 Å². The van der Waals surface area contributed by atoms with Crippen LogP contribution in [0.5, 0.6) is 0 Å². The number of nitrogens with zero attached hydrogens (tertiary/aromatic N) is 2. The Morgan fingerprint density at radius 2 is 1.30 bits per heavy atom. The van der Waals surface area contributed by atoms with Gasteiger partial charge in [-0.15, -0.1) is 0 Å². The summed E-state index contributed by atoms with van der Waals surface area (Å²) in [4.78, 5) is 2.51. The molecule has 0 amide bonds. The van der Waals surface area contributed by atoms with Crippen LogP contribution in [0.1, 0.15) is 43.0 Å². The Morgan fingerprint density at radius 3 is 2.10 bits per heavy atom. The maximum atomic E-state index is 2.51. The molecular weight excluding hydrogens is 484 g/mol. The number of fused-ring (bicyclic) bond motifs is 4. The summed E-state index contributed by atoms with van der Waals surface area (Å²) >= 11 is 0. The lowest BCUT2D eigenvalue weighted by atomic mass is 9.83. The van der Waals surface area contributed by atoms with Gasteiger partial charge in [-0.25, -0.2) is 0 Å². The number of allylic oxidation sites excluding steroid dienone is 2. The SMILES string of the molecule is CC1=C(N(c2ccccc2)c2cccc(-n3c4ccccc4c4cccc(C)c43)c2C)C(C)(C)c2ccccc21. The molecule has 0 N–H and O–H groups in total. The smallest absolute Gasteiger partial charge is 0.0570 e. The van der Waals surface area contributed by atoms with Crippen molar-refractivity contribution in [2.75, 3.05) is 4.90 Å². The Labute approximate surface area is 236 Å². The summed E-state index contributed by atoms with van der Waals surface area (Å²) in [5.74, 6) is 0. The van der Waals surface area contributed by atoms with Crippen LogP contribution >= 0.6 is 0 Å². The van der Waals surface area contributed by atoms with Gasteiger partial charge in [0.2, 0.25) is 0 Å². The lowest BCUT2D eigenvalue weighted by molar-refractivity contribution is 0.625. The van der Waals surface area contributed by atoms with Crippen molar-refractivity contribution in [1.82, 2.24) is 4.57 Å². The van der Waals surface area contributed by atoms with Gasteiger partial charge in [0.05, 0.1) is 22.4 Å². The first kappa shape index (κ1) is 24.5. The summed E-state index contributed by atoms with van der Waals surface area (Å²) in [7, 11) is 0. The summed E-state index contributed by atoms with van der Waals surface area (Å²) in [6.07, 6.45) is 0. The molecule has 0 spiro atoms. The molecule has 6 aromatic rings. The van der Waals surface area contributed by atoms with Crippen LogP contribution in [0.3, 0.4) is 0 Å². The molecule has 0 bridgehead atoms. The van der Waals surface area contributed by atoms with E-state index in [0.29, 0.717) is 0 Å². The fraction of sp³-hybridized carbons (Fsp3) is 0.158. The summed E-state index contributed by atoms with van der Waals surface area (Å²) in [6, 6.07) is 41.9. The van der Waals surface area contributed by atoms with Gasteiger partial charge in [0.15, 0.2) is 0 Å². The van der Waals surface area contributed by atoms with Crippen molar-refractivity contribution in [3.63, 3.8) is 0 Å². The third-order valence-electron chi connectivity index (χ3n) is 8.84. The largest absolute Gasteiger partial charge is 0.313 e. The molecule has 0 unspecified atom stereocenters. The minimum Gasteiger partial charge on any atom is -0.313 e. The minimum atomic E-state index is -0.150. The number of anilines is 2. The van der Waals surface area contributed by atoms with Crippen LogP contribution in [0.4, 0.5) is 11.4 Å². The second kappa shape index (κ2) is 8.99. The first-order chi connectivity index (χ1) is 19.4. The van der Waals surface area contributed by atoms with Gasteiger partial charge in [-0.2, -0.15) is 0 Å². The molecule has 7 rings (SSSR count). The van der Waals surface area contributed by atoms with Crippen LogP contribution in [0.15, 0.2) is 121 Å². The van der Waals surface area contributed by atoms with E-state index >= 15 is 0 Å². The number of para-hydroxylation sites is 3. The molecular formula is C38H34N2. The van der Waals surface area contributed by atoms with Crippen molar-refractivity contribution in [3.8, 4) is 5.69 Å². The van der Waals surface area contributed by atoms with Crippen LogP contribution in [0, 0.1) is 13.8 Å². The fourth-order valence-corrected chi connectivity index (χ4v) is 7.03. The molecule has 40 heavy (non-hydrogen) atoms. The number of hydrogen-bond acceptors (Lipinski definition) is 1. The minimum absolute atomic E-state index is 0.150. The fourth-order valence-electron chi connectivity index (χ4n) is 7.03. The second-order valence-corrected chi connectivity index (χ2v) is 11.6. The normalized spacial score (nSPS) is 14.2. The average molecular weight is 519 g/mol. The van der Waals surface area contributed by atoms with Crippen molar-refractivity contribution in [2.45, 2.75) is 40.0 Å². The Morgan fingerprint density at radius 1 is 0.625 bits per heavy atom. The molecule has 0 saturated heterocycles. The standard InChI is InChI=1S/C38H34N2/c1-25-15-13-20-31-30-19-10-12-22-35(30)40(36(25)31)34-24-14-23-33(27(34)3)39(28-16-7-6-8-17-28)37-26(2)29-18-9-11-21-32(29)38(37,4)5/h6-24H,1-5H3. The number of aromatic nitrogens is 1. The number of aryl methyl sites for hydroxylation is 1. The maximum Gasteiger partial charge on any atom is 0.0570 e. The Balaban J connectivity index is 1.53. The number of rotatable bonds is 4. The van der Waals surface area contributed by atoms with Gasteiger partial charge in [0.1, 0.15) is 0 Å². The zero-order chi connectivity index (χ0) is 27.6. The van der Waals surface area contributed by atoms with E-state index in [9.17, 15) is 0 Å². The van der Waals surface area contributed by atoms with Crippen LogP contribution in [-0.4, -0.2) is 4.57 Å². The van der Waals surface area contributed by atoms with Crippen molar-refractivity contribution >= 4 is 38.8 Å². The molecule has 1 aliphatic rings. The third kappa shape index (κ3) is 3.42. The van der Waals surface area contributed by atoms with E-state index in [1.54, 1.807) is 0 Å². The van der Waals surface area contributed by atoms with Gasteiger partial charge in [-0.1, -0.05) is 98.8 Å². The lowest BCUT2D eigenvalue weighted by Crippen LogP contribution is -2.30. The molecule has 1 heterocycles. The molecule has 0 saturated carbocycles. The highest BCUT2D eigenvalue weighted by molar-refractivity contribution is 6.10. The Hall–Kier alpha value is -4.56. The summed E-state index contributed by atoms with van der Waals surface area (Å²) in [5.41, 5.74) is 13.9. The molecule has 2 heteroatoms. The maximum absolute atomic E-state index is 2.51. The predicted molar refractivity (Wildman–Crippen MR) is 171 cm³/mol.